The lowest BCUT2D eigenvalue weighted by Crippen LogP contribution is -2.24. The van der Waals surface area contributed by atoms with Crippen molar-refractivity contribution in [1.82, 2.24) is 10.3 Å². The van der Waals surface area contributed by atoms with Gasteiger partial charge in [0, 0.05) is 12.2 Å². The van der Waals surface area contributed by atoms with E-state index in [9.17, 15) is 9.59 Å². The molecule has 0 aliphatic rings. The number of nitrogens with one attached hydrogen (secondary N) is 2. The molecule has 0 spiro atoms. The topological polar surface area (TPSA) is 156 Å². The quantitative estimate of drug-likeness (QED) is 0.536. The van der Waals surface area contributed by atoms with Crippen LogP contribution in [0.4, 0.5) is 11.4 Å². The third-order valence-electron chi connectivity index (χ3n) is 3.52. The van der Waals surface area contributed by atoms with Gasteiger partial charge in [-0.3, -0.25) is 9.59 Å². The Morgan fingerprint density at radius 3 is 2.59 bits per heavy atom. The molecule has 0 saturated heterocycles. The van der Waals surface area contributed by atoms with Gasteiger partial charge in [-0.2, -0.15) is 5.26 Å². The zero-order valence-corrected chi connectivity index (χ0v) is 14.8. The van der Waals surface area contributed by atoms with Gasteiger partial charge in [0.25, 0.3) is 5.91 Å². The number of hydrogen-bond donors (Lipinski definition) is 4. The van der Waals surface area contributed by atoms with Crippen LogP contribution >= 0.6 is 0 Å². The van der Waals surface area contributed by atoms with E-state index in [0.717, 1.165) is 11.3 Å². The van der Waals surface area contributed by atoms with Gasteiger partial charge in [0.15, 0.2) is 0 Å². The molecule has 1 heterocycles. The van der Waals surface area contributed by atoms with E-state index in [1.54, 1.807) is 31.2 Å². The van der Waals surface area contributed by atoms with E-state index in [1.165, 1.54) is 6.07 Å². The number of carbonyl (C=O) groups excluding carboxylic acids is 2. The first kappa shape index (κ1) is 19.5. The average molecular weight is 368 g/mol. The lowest BCUT2D eigenvalue weighted by molar-refractivity contribution is -0.116. The number of nitrogens with zero attached hydrogens (tertiary/aromatic N) is 2. The average Bonchev–Trinajstić information content (AvgIpc) is 2.65. The number of anilines is 2. The lowest BCUT2D eigenvalue weighted by Gasteiger charge is -2.10. The Morgan fingerprint density at radius 2 is 2.00 bits per heavy atom. The molecule has 2 aromatic rings. The predicted molar refractivity (Wildman–Crippen MR) is 99.8 cm³/mol. The number of amides is 2. The molecule has 1 aromatic carbocycles. The highest BCUT2D eigenvalue weighted by molar-refractivity contribution is 5.93. The molecular weight excluding hydrogens is 348 g/mol. The van der Waals surface area contributed by atoms with Crippen LogP contribution in [0.1, 0.15) is 28.5 Å². The van der Waals surface area contributed by atoms with Crippen LogP contribution in [0.3, 0.4) is 0 Å². The third kappa shape index (κ3) is 5.34. The van der Waals surface area contributed by atoms with Gasteiger partial charge < -0.3 is 26.8 Å². The third-order valence-corrected chi connectivity index (χ3v) is 3.52. The molecule has 1 aromatic heterocycles. The van der Waals surface area contributed by atoms with E-state index < -0.39 is 11.8 Å². The molecule has 27 heavy (non-hydrogen) atoms. The second kappa shape index (κ2) is 9.05. The summed E-state index contributed by atoms with van der Waals surface area (Å²) in [6.45, 7) is 2.35. The van der Waals surface area contributed by atoms with E-state index in [-0.39, 0.29) is 35.9 Å². The second-order valence-electron chi connectivity index (χ2n) is 5.52. The van der Waals surface area contributed by atoms with Gasteiger partial charge in [-0.15, -0.1) is 0 Å². The molecule has 0 radical (unpaired) electrons. The Bertz CT molecular complexity index is 874. The number of hydrogen-bond acceptors (Lipinski definition) is 7. The van der Waals surface area contributed by atoms with Crippen LogP contribution < -0.4 is 26.8 Å². The van der Waals surface area contributed by atoms with Gasteiger partial charge >= 0.3 is 0 Å². The summed E-state index contributed by atoms with van der Waals surface area (Å²) in [5, 5.41) is 14.7. The number of primary amides is 1. The number of aromatic nitrogens is 1. The smallest absolute Gasteiger partial charge is 0.270 e. The summed E-state index contributed by atoms with van der Waals surface area (Å²) in [5.41, 5.74) is 12.8. The van der Waals surface area contributed by atoms with Crippen LogP contribution in [0.25, 0.3) is 0 Å². The van der Waals surface area contributed by atoms with Crippen LogP contribution in [0.15, 0.2) is 30.3 Å². The van der Waals surface area contributed by atoms with Crippen molar-refractivity contribution >= 4 is 23.2 Å². The van der Waals surface area contributed by atoms with E-state index in [2.05, 4.69) is 15.6 Å². The summed E-state index contributed by atoms with van der Waals surface area (Å²) < 4.78 is 5.28. The summed E-state index contributed by atoms with van der Waals surface area (Å²) in [5.74, 6) is -0.856. The van der Waals surface area contributed by atoms with Crippen LogP contribution in [0.5, 0.6) is 5.88 Å². The molecule has 0 aliphatic heterocycles. The Hall–Kier alpha value is -3.80. The fourth-order valence-electron chi connectivity index (χ4n) is 2.21. The van der Waals surface area contributed by atoms with Crippen LogP contribution in [0, 0.1) is 11.3 Å². The molecule has 0 atom stereocenters. The monoisotopic (exact) mass is 368 g/mol. The van der Waals surface area contributed by atoms with Gasteiger partial charge in [-0.1, -0.05) is 12.1 Å². The van der Waals surface area contributed by atoms with Gasteiger partial charge in [0.2, 0.25) is 11.8 Å². The fraction of sp³-hybridized carbons (Fsp3) is 0.222. The van der Waals surface area contributed by atoms with E-state index in [4.69, 9.17) is 21.5 Å². The van der Waals surface area contributed by atoms with Crippen molar-refractivity contribution in [2.75, 3.05) is 24.2 Å². The Labute approximate surface area is 156 Å². The van der Waals surface area contributed by atoms with Crippen molar-refractivity contribution in [1.29, 1.82) is 5.26 Å². The molecule has 9 nitrogen and oxygen atoms in total. The van der Waals surface area contributed by atoms with Crippen LogP contribution in [-0.4, -0.2) is 29.9 Å². The summed E-state index contributed by atoms with van der Waals surface area (Å²) >= 11 is 0. The molecule has 140 valence electrons. The molecule has 2 amide bonds. The minimum Gasteiger partial charge on any atom is -0.477 e. The van der Waals surface area contributed by atoms with E-state index >= 15 is 0 Å². The Kier molecular flexibility index (Phi) is 6.55. The molecule has 0 unspecified atom stereocenters. The maximum atomic E-state index is 12.3. The summed E-state index contributed by atoms with van der Waals surface area (Å²) in [6.07, 6.45) is 0. The zero-order valence-electron chi connectivity index (χ0n) is 14.8. The van der Waals surface area contributed by atoms with Crippen molar-refractivity contribution in [3.63, 3.8) is 0 Å². The normalized spacial score (nSPS) is 9.93. The number of nitrogens with two attached hydrogens (primary N) is 2. The molecule has 0 aliphatic carbocycles. The molecule has 6 N–H and O–H groups in total. The van der Waals surface area contributed by atoms with Crippen LogP contribution in [0.2, 0.25) is 0 Å². The summed E-state index contributed by atoms with van der Waals surface area (Å²) in [6, 6.07) is 10.4. The van der Waals surface area contributed by atoms with Crippen molar-refractivity contribution in [3.05, 3.63) is 47.2 Å². The SMILES string of the molecule is CCOc1nc(C(=O)NCc2ccc(NCC(N)=O)cc2)cc(N)c1C#N. The van der Waals surface area contributed by atoms with Gasteiger partial charge in [-0.25, -0.2) is 4.98 Å². The minimum atomic E-state index is -0.452. The standard InChI is InChI=1S/C18H20N6O3/c1-2-27-18-13(8-19)14(20)7-15(24-18)17(26)23-9-11-3-5-12(6-4-11)22-10-16(21)25/h3-7,22H,2,9-10H2,1H3,(H2,20,24)(H2,21,25)(H,23,26). The highest BCUT2D eigenvalue weighted by Gasteiger charge is 2.16. The first-order chi connectivity index (χ1) is 12.9. The van der Waals surface area contributed by atoms with Crippen molar-refractivity contribution in [2.24, 2.45) is 5.73 Å². The number of ether oxygens (including phenoxy) is 1. The first-order valence-corrected chi connectivity index (χ1v) is 8.17. The highest BCUT2D eigenvalue weighted by atomic mass is 16.5. The number of nitrogen functional groups attached to an aromatic ring is 1. The summed E-state index contributed by atoms with van der Waals surface area (Å²) in [7, 11) is 0. The number of rotatable bonds is 8. The minimum absolute atomic E-state index is 0.0371. The van der Waals surface area contributed by atoms with Crippen molar-refractivity contribution in [3.8, 4) is 11.9 Å². The second-order valence-corrected chi connectivity index (χ2v) is 5.52. The van der Waals surface area contributed by atoms with Gasteiger partial charge in [-0.05, 0) is 30.7 Å². The van der Waals surface area contributed by atoms with Gasteiger partial charge in [0.1, 0.15) is 17.3 Å². The highest BCUT2D eigenvalue weighted by Crippen LogP contribution is 2.22. The Morgan fingerprint density at radius 1 is 1.30 bits per heavy atom. The lowest BCUT2D eigenvalue weighted by atomic mass is 10.2. The fourth-order valence-corrected chi connectivity index (χ4v) is 2.21. The molecule has 0 saturated carbocycles. The number of benzene rings is 1. The number of pyridine rings is 1. The summed E-state index contributed by atoms with van der Waals surface area (Å²) in [4.78, 5) is 27.2. The molecular formula is C18H20N6O3. The predicted octanol–water partition coefficient (Wildman–Crippen LogP) is 0.761. The number of nitriles is 1. The first-order valence-electron chi connectivity index (χ1n) is 8.17. The Balaban J connectivity index is 2.03. The molecule has 2 rings (SSSR count). The maximum absolute atomic E-state index is 12.3. The maximum Gasteiger partial charge on any atom is 0.270 e. The van der Waals surface area contributed by atoms with Crippen molar-refractivity contribution in [2.45, 2.75) is 13.5 Å². The molecule has 0 bridgehead atoms. The zero-order chi connectivity index (χ0) is 19.8. The van der Waals surface area contributed by atoms with Gasteiger partial charge in [0.05, 0.1) is 18.8 Å². The largest absolute Gasteiger partial charge is 0.477 e. The van der Waals surface area contributed by atoms with Crippen molar-refractivity contribution < 1.29 is 14.3 Å². The molecule has 0 fully saturated rings. The molecule has 9 heteroatoms. The number of carbonyl (C=O) groups is 2. The van der Waals surface area contributed by atoms with E-state index in [0.29, 0.717) is 6.61 Å². The van der Waals surface area contributed by atoms with E-state index in [1.807, 2.05) is 6.07 Å². The van der Waals surface area contributed by atoms with Crippen LogP contribution in [-0.2, 0) is 11.3 Å².